The Hall–Kier alpha value is -1.35. The molecule has 2 rings (SSSR count). The molecule has 0 atom stereocenters. The van der Waals surface area contributed by atoms with Crippen LogP contribution in [0.5, 0.6) is 0 Å². The van der Waals surface area contributed by atoms with Gasteiger partial charge >= 0.3 is 0 Å². The zero-order chi connectivity index (χ0) is 9.10. The number of hydrogen-bond acceptors (Lipinski definition) is 2. The number of rotatable bonds is 2. The molecule has 2 aromatic heterocycles. The first-order chi connectivity index (χ1) is 6.40. The second kappa shape index (κ2) is 3.58. The Morgan fingerprint density at radius 1 is 1.38 bits per heavy atom. The van der Waals surface area contributed by atoms with E-state index >= 15 is 0 Å². The third kappa shape index (κ3) is 1.70. The van der Waals surface area contributed by atoms with Gasteiger partial charge in [0.15, 0.2) is 0 Å². The summed E-state index contributed by atoms with van der Waals surface area (Å²) in [4.78, 5) is 4.16. The number of aromatic nitrogens is 3. The molecule has 0 radical (unpaired) electrons. The molecule has 0 saturated carbocycles. The molecule has 0 spiro atoms. The summed E-state index contributed by atoms with van der Waals surface area (Å²) >= 11 is 5.62. The number of alkyl halides is 1. The maximum absolute atomic E-state index is 5.62. The van der Waals surface area contributed by atoms with Crippen molar-refractivity contribution in [3.05, 3.63) is 42.5 Å². The Morgan fingerprint density at radius 3 is 2.85 bits per heavy atom. The quantitative estimate of drug-likeness (QED) is 0.684. The fourth-order valence-electron chi connectivity index (χ4n) is 1.05. The van der Waals surface area contributed by atoms with Crippen molar-refractivity contribution in [1.29, 1.82) is 0 Å². The van der Waals surface area contributed by atoms with Crippen LogP contribution in [0.4, 0.5) is 0 Å². The van der Waals surface area contributed by atoms with Gasteiger partial charge in [-0.25, -0.2) is 4.68 Å². The van der Waals surface area contributed by atoms with Crippen LogP contribution >= 0.6 is 11.6 Å². The van der Waals surface area contributed by atoms with Gasteiger partial charge in [0, 0.05) is 12.4 Å². The summed E-state index contributed by atoms with van der Waals surface area (Å²) in [5.41, 5.74) is 1.82. The highest BCUT2D eigenvalue weighted by molar-refractivity contribution is 6.16. The van der Waals surface area contributed by atoms with Crippen molar-refractivity contribution in [2.24, 2.45) is 0 Å². The summed E-state index contributed by atoms with van der Waals surface area (Å²) in [7, 11) is 0. The monoisotopic (exact) mass is 193 g/mol. The lowest BCUT2D eigenvalue weighted by atomic mass is 10.3. The molecule has 0 aliphatic heterocycles. The van der Waals surface area contributed by atoms with E-state index in [0.717, 1.165) is 11.4 Å². The predicted molar refractivity (Wildman–Crippen MR) is 50.9 cm³/mol. The minimum Gasteiger partial charge on any atom is -0.258 e. The van der Waals surface area contributed by atoms with Crippen molar-refractivity contribution < 1.29 is 0 Å². The molecule has 2 heterocycles. The average Bonchev–Trinajstić information content (AvgIpc) is 2.71. The first kappa shape index (κ1) is 8.26. The first-order valence-electron chi connectivity index (χ1n) is 3.91. The van der Waals surface area contributed by atoms with Gasteiger partial charge in [-0.2, -0.15) is 5.10 Å². The zero-order valence-corrected chi connectivity index (χ0v) is 7.65. The summed E-state index contributed by atoms with van der Waals surface area (Å²) < 4.78 is 1.75. The van der Waals surface area contributed by atoms with Crippen LogP contribution in [0.1, 0.15) is 5.69 Å². The largest absolute Gasteiger partial charge is 0.258 e. The normalized spacial score (nSPS) is 10.2. The highest BCUT2D eigenvalue weighted by Crippen LogP contribution is 2.06. The van der Waals surface area contributed by atoms with E-state index in [4.69, 9.17) is 11.6 Å². The fraction of sp³-hybridized carbons (Fsp3) is 0.111. The maximum Gasteiger partial charge on any atom is 0.0828 e. The Labute approximate surface area is 81.0 Å². The smallest absolute Gasteiger partial charge is 0.0828 e. The first-order valence-corrected chi connectivity index (χ1v) is 4.44. The van der Waals surface area contributed by atoms with Crippen LogP contribution in [-0.2, 0) is 5.88 Å². The number of hydrogen-bond donors (Lipinski definition) is 0. The predicted octanol–water partition coefficient (Wildman–Crippen LogP) is 2.01. The third-order valence-electron chi connectivity index (χ3n) is 1.71. The van der Waals surface area contributed by atoms with Gasteiger partial charge in [0.1, 0.15) is 0 Å². The molecule has 0 saturated heterocycles. The molecule has 4 heteroatoms. The fourth-order valence-corrected chi connectivity index (χ4v) is 1.21. The van der Waals surface area contributed by atoms with Crippen LogP contribution in [-0.4, -0.2) is 14.8 Å². The number of nitrogens with zero attached hydrogens (tertiary/aromatic N) is 3. The summed E-state index contributed by atoms with van der Waals surface area (Å²) in [6.45, 7) is 0. The molecule has 13 heavy (non-hydrogen) atoms. The van der Waals surface area contributed by atoms with E-state index < -0.39 is 0 Å². The van der Waals surface area contributed by atoms with Crippen LogP contribution in [0.2, 0.25) is 0 Å². The molecular formula is C9H8ClN3. The van der Waals surface area contributed by atoms with Crippen molar-refractivity contribution >= 4 is 11.6 Å². The third-order valence-corrected chi connectivity index (χ3v) is 1.99. The second-order valence-corrected chi connectivity index (χ2v) is 2.86. The summed E-state index contributed by atoms with van der Waals surface area (Å²) in [5.74, 6) is 0.444. The molecule has 0 N–H and O–H groups in total. The van der Waals surface area contributed by atoms with Crippen molar-refractivity contribution in [3.8, 4) is 5.69 Å². The minimum atomic E-state index is 0.444. The Kier molecular flexibility index (Phi) is 2.27. The highest BCUT2D eigenvalue weighted by atomic mass is 35.5. The molecule has 0 aromatic carbocycles. The van der Waals surface area contributed by atoms with Crippen LogP contribution in [0.15, 0.2) is 36.8 Å². The lowest BCUT2D eigenvalue weighted by molar-refractivity contribution is 0.871. The van der Waals surface area contributed by atoms with Gasteiger partial charge in [0.25, 0.3) is 0 Å². The molecular weight excluding hydrogens is 186 g/mol. The van der Waals surface area contributed by atoms with E-state index in [1.165, 1.54) is 0 Å². The van der Waals surface area contributed by atoms with Crippen LogP contribution in [0.3, 0.4) is 0 Å². The molecule has 3 nitrogen and oxygen atoms in total. The van der Waals surface area contributed by atoms with Crippen LogP contribution in [0, 0.1) is 0 Å². The summed E-state index contributed by atoms with van der Waals surface area (Å²) in [5, 5.41) is 4.09. The van der Waals surface area contributed by atoms with Crippen LogP contribution < -0.4 is 0 Å². The van der Waals surface area contributed by atoms with Gasteiger partial charge in [0.05, 0.1) is 23.5 Å². The Balaban J connectivity index is 2.33. The van der Waals surface area contributed by atoms with E-state index in [1.54, 1.807) is 17.1 Å². The molecule has 2 aromatic rings. The Morgan fingerprint density at radius 2 is 2.31 bits per heavy atom. The highest BCUT2D eigenvalue weighted by Gasteiger charge is 1.96. The molecule has 0 unspecified atom stereocenters. The molecule has 0 aliphatic rings. The van der Waals surface area contributed by atoms with E-state index in [2.05, 4.69) is 10.1 Å². The van der Waals surface area contributed by atoms with Crippen molar-refractivity contribution in [1.82, 2.24) is 14.8 Å². The van der Waals surface area contributed by atoms with Gasteiger partial charge in [-0.15, -0.1) is 11.6 Å². The molecule has 66 valence electrons. The zero-order valence-electron chi connectivity index (χ0n) is 6.89. The molecule has 0 aliphatic carbocycles. The SMILES string of the molecule is ClCc1ccc(-n2cccn2)cn1. The van der Waals surface area contributed by atoms with Crippen LogP contribution in [0.25, 0.3) is 5.69 Å². The molecule has 0 bridgehead atoms. The standard InChI is InChI=1S/C9H8ClN3/c10-6-8-2-3-9(7-11-8)13-5-1-4-12-13/h1-5,7H,6H2. The van der Waals surface area contributed by atoms with E-state index in [9.17, 15) is 0 Å². The Bertz CT molecular complexity index is 366. The van der Waals surface area contributed by atoms with E-state index in [-0.39, 0.29) is 0 Å². The van der Waals surface area contributed by atoms with E-state index in [0.29, 0.717) is 5.88 Å². The molecule has 0 amide bonds. The van der Waals surface area contributed by atoms with Gasteiger partial charge in [-0.3, -0.25) is 4.98 Å². The number of halogens is 1. The summed E-state index contributed by atoms with van der Waals surface area (Å²) in [6.07, 6.45) is 5.36. The van der Waals surface area contributed by atoms with Gasteiger partial charge < -0.3 is 0 Å². The summed E-state index contributed by atoms with van der Waals surface area (Å²) in [6, 6.07) is 5.71. The van der Waals surface area contributed by atoms with Gasteiger partial charge in [-0.1, -0.05) is 0 Å². The lowest BCUT2D eigenvalue weighted by Crippen LogP contribution is -1.95. The van der Waals surface area contributed by atoms with Crippen molar-refractivity contribution in [3.63, 3.8) is 0 Å². The van der Waals surface area contributed by atoms with Gasteiger partial charge in [-0.05, 0) is 18.2 Å². The maximum atomic E-state index is 5.62. The second-order valence-electron chi connectivity index (χ2n) is 2.59. The van der Waals surface area contributed by atoms with Crippen molar-refractivity contribution in [2.45, 2.75) is 5.88 Å². The number of pyridine rings is 1. The average molecular weight is 194 g/mol. The lowest BCUT2D eigenvalue weighted by Gasteiger charge is -2.00. The van der Waals surface area contributed by atoms with Crippen molar-refractivity contribution in [2.75, 3.05) is 0 Å². The minimum absolute atomic E-state index is 0.444. The van der Waals surface area contributed by atoms with E-state index in [1.807, 2.05) is 24.4 Å². The molecule has 0 fully saturated rings. The topological polar surface area (TPSA) is 30.7 Å². The van der Waals surface area contributed by atoms with Gasteiger partial charge in [0.2, 0.25) is 0 Å².